The number of aliphatic hydroxyl groups excluding tert-OH is 1. The summed E-state index contributed by atoms with van der Waals surface area (Å²) in [5, 5.41) is 22.7. The number of carbonyl (C=O) groups is 2. The second-order valence-corrected chi connectivity index (χ2v) is 5.18. The molecule has 1 heterocycles. The third kappa shape index (κ3) is 3.35. The molecule has 0 radical (unpaired) electrons. The van der Waals surface area contributed by atoms with Crippen LogP contribution in [0.2, 0.25) is 0 Å². The number of rotatable bonds is 6. The number of non-ortho nitro benzene ring substituents is 1. The van der Waals surface area contributed by atoms with Gasteiger partial charge in [-0.15, -0.1) is 0 Å². The quantitative estimate of drug-likeness (QED) is 0.443. The van der Waals surface area contributed by atoms with E-state index >= 15 is 0 Å². The van der Waals surface area contributed by atoms with Crippen LogP contribution >= 0.6 is 0 Å². The van der Waals surface area contributed by atoms with Crippen LogP contribution in [0.25, 0.3) is 0 Å². The van der Waals surface area contributed by atoms with Crippen LogP contribution in [0.5, 0.6) is 0 Å². The van der Waals surface area contributed by atoms with Crippen molar-refractivity contribution in [3.05, 3.63) is 45.1 Å². The van der Waals surface area contributed by atoms with Gasteiger partial charge < -0.3 is 20.1 Å². The molecule has 1 aromatic carbocycles. The van der Waals surface area contributed by atoms with E-state index < -0.39 is 16.8 Å². The molecule has 0 unspecified atom stereocenters. The van der Waals surface area contributed by atoms with Gasteiger partial charge in [-0.2, -0.15) is 0 Å². The molecule has 1 aliphatic heterocycles. The fourth-order valence-electron chi connectivity index (χ4n) is 2.34. The number of hydrogen-bond acceptors (Lipinski definition) is 7. The van der Waals surface area contributed by atoms with Gasteiger partial charge in [0.15, 0.2) is 0 Å². The molecule has 24 heavy (non-hydrogen) atoms. The molecule has 0 saturated carbocycles. The van der Waals surface area contributed by atoms with E-state index in [1.165, 1.54) is 24.1 Å². The molecule has 1 amide bonds. The maximum absolute atomic E-state index is 12.4. The zero-order valence-corrected chi connectivity index (χ0v) is 13.2. The van der Waals surface area contributed by atoms with E-state index in [0.717, 1.165) is 0 Å². The number of esters is 1. The number of hydrogen-bond donors (Lipinski definition) is 2. The summed E-state index contributed by atoms with van der Waals surface area (Å²) in [4.78, 5) is 36.0. The zero-order chi connectivity index (χ0) is 17.9. The molecule has 1 aromatic rings. The van der Waals surface area contributed by atoms with E-state index in [-0.39, 0.29) is 36.7 Å². The average molecular weight is 335 g/mol. The van der Waals surface area contributed by atoms with E-state index in [1.807, 2.05) is 0 Å². The van der Waals surface area contributed by atoms with E-state index in [9.17, 15) is 19.7 Å². The summed E-state index contributed by atoms with van der Waals surface area (Å²) >= 11 is 0. The van der Waals surface area contributed by atoms with E-state index in [2.05, 4.69) is 10.1 Å². The summed E-state index contributed by atoms with van der Waals surface area (Å²) in [6.45, 7) is 1.54. The molecule has 0 aliphatic carbocycles. The minimum atomic E-state index is -0.672. The van der Waals surface area contributed by atoms with Gasteiger partial charge >= 0.3 is 5.97 Å². The summed E-state index contributed by atoms with van der Waals surface area (Å²) in [5.74, 6) is -1.15. The Hall–Kier alpha value is -2.94. The molecule has 1 aliphatic rings. The number of aryl methyl sites for hydroxylation is 1. The number of aliphatic hydroxyl groups is 1. The number of methoxy groups -OCH3 is 1. The number of nitrogens with zero attached hydrogens (tertiary/aromatic N) is 2. The Morgan fingerprint density at radius 3 is 2.79 bits per heavy atom. The Morgan fingerprint density at radius 2 is 2.21 bits per heavy atom. The monoisotopic (exact) mass is 335 g/mol. The number of nitro benzene ring substituents is 1. The maximum atomic E-state index is 12.4. The van der Waals surface area contributed by atoms with Crippen molar-refractivity contribution in [1.29, 1.82) is 0 Å². The Balaban J connectivity index is 2.40. The fourth-order valence-corrected chi connectivity index (χ4v) is 2.34. The highest BCUT2D eigenvalue weighted by Crippen LogP contribution is 2.27. The molecule has 0 atom stereocenters. The Morgan fingerprint density at radius 1 is 1.50 bits per heavy atom. The number of ether oxygens (including phenoxy) is 1. The minimum absolute atomic E-state index is 0.00102. The standard InChI is InChI=1S/C15H17N3O6/c1-9-3-4-10(18(22)23)7-12(9)16-13-11(15(21)24-2)8-17(5-6-19)14(13)20/h3-4,7,16,19H,5-6,8H2,1-2H3. The maximum Gasteiger partial charge on any atom is 0.337 e. The largest absolute Gasteiger partial charge is 0.466 e. The second kappa shape index (κ2) is 7.09. The lowest BCUT2D eigenvalue weighted by Crippen LogP contribution is -2.31. The predicted octanol–water partition coefficient (Wildman–Crippen LogP) is 0.577. The third-order valence-corrected chi connectivity index (χ3v) is 3.65. The highest BCUT2D eigenvalue weighted by Gasteiger charge is 2.34. The third-order valence-electron chi connectivity index (χ3n) is 3.65. The molecule has 9 heteroatoms. The number of anilines is 1. The molecule has 128 valence electrons. The highest BCUT2D eigenvalue weighted by atomic mass is 16.6. The van der Waals surface area contributed by atoms with Crippen LogP contribution in [0, 0.1) is 17.0 Å². The molecule has 9 nitrogen and oxygen atoms in total. The van der Waals surface area contributed by atoms with Crippen molar-refractivity contribution in [3.63, 3.8) is 0 Å². The number of β-amino-alcohol motifs (C(OH)–C–C–N with tert-alkyl or cyclic N) is 1. The first-order chi connectivity index (χ1) is 11.4. The molecule has 2 N–H and O–H groups in total. The molecule has 2 rings (SSSR count). The molecule has 0 saturated heterocycles. The van der Waals surface area contributed by atoms with Gasteiger partial charge in [0.1, 0.15) is 5.70 Å². The second-order valence-electron chi connectivity index (χ2n) is 5.18. The Kier molecular flexibility index (Phi) is 5.14. The van der Waals surface area contributed by atoms with Crippen LogP contribution in [0.15, 0.2) is 29.5 Å². The lowest BCUT2D eigenvalue weighted by atomic mass is 10.1. The van der Waals surface area contributed by atoms with Crippen molar-refractivity contribution in [2.24, 2.45) is 0 Å². The fraction of sp³-hybridized carbons (Fsp3) is 0.333. The van der Waals surface area contributed by atoms with Gasteiger partial charge in [-0.3, -0.25) is 14.9 Å². The van der Waals surface area contributed by atoms with E-state index in [4.69, 9.17) is 5.11 Å². The predicted molar refractivity (Wildman–Crippen MR) is 84.2 cm³/mol. The molecule has 0 bridgehead atoms. The van der Waals surface area contributed by atoms with E-state index in [1.54, 1.807) is 13.0 Å². The van der Waals surface area contributed by atoms with Crippen LogP contribution in [0.1, 0.15) is 5.56 Å². The number of nitrogens with one attached hydrogen (secondary N) is 1. The van der Waals surface area contributed by atoms with Crippen LogP contribution in [-0.4, -0.2) is 53.6 Å². The lowest BCUT2D eigenvalue weighted by Gasteiger charge is -2.15. The SMILES string of the molecule is COC(=O)C1=C(Nc2cc([N+](=O)[O-])ccc2C)C(=O)N(CCO)C1. The minimum Gasteiger partial charge on any atom is -0.466 e. The zero-order valence-electron chi connectivity index (χ0n) is 13.2. The number of nitro groups is 1. The highest BCUT2D eigenvalue weighted by molar-refractivity contribution is 6.08. The Bertz CT molecular complexity index is 728. The average Bonchev–Trinajstić information content (AvgIpc) is 2.85. The van der Waals surface area contributed by atoms with Gasteiger partial charge in [0.05, 0.1) is 30.8 Å². The first-order valence-corrected chi connectivity index (χ1v) is 7.12. The van der Waals surface area contributed by atoms with Gasteiger partial charge in [0, 0.05) is 24.4 Å². The molecule has 0 aromatic heterocycles. The topological polar surface area (TPSA) is 122 Å². The van der Waals surface area contributed by atoms with Gasteiger partial charge in [-0.1, -0.05) is 6.07 Å². The van der Waals surface area contributed by atoms with Crippen molar-refractivity contribution in [3.8, 4) is 0 Å². The smallest absolute Gasteiger partial charge is 0.337 e. The Labute approximate surface area is 137 Å². The van der Waals surface area contributed by atoms with Crippen LogP contribution in [-0.2, 0) is 14.3 Å². The molecular formula is C15H17N3O6. The van der Waals surface area contributed by atoms with Gasteiger partial charge in [-0.25, -0.2) is 4.79 Å². The number of benzene rings is 1. The van der Waals surface area contributed by atoms with Crippen molar-refractivity contribution >= 4 is 23.3 Å². The van der Waals surface area contributed by atoms with Gasteiger partial charge in [-0.05, 0) is 12.5 Å². The molecule has 0 spiro atoms. The first kappa shape index (κ1) is 17.4. The summed E-state index contributed by atoms with van der Waals surface area (Å²) in [6.07, 6.45) is 0. The normalized spacial score (nSPS) is 14.1. The van der Waals surface area contributed by atoms with Crippen LogP contribution < -0.4 is 5.32 Å². The van der Waals surface area contributed by atoms with Crippen molar-refractivity contribution in [2.75, 3.05) is 32.1 Å². The summed E-state index contributed by atoms with van der Waals surface area (Å²) in [6, 6.07) is 4.19. The van der Waals surface area contributed by atoms with Crippen molar-refractivity contribution < 1.29 is 24.4 Å². The summed E-state index contributed by atoms with van der Waals surface area (Å²) in [7, 11) is 1.20. The summed E-state index contributed by atoms with van der Waals surface area (Å²) < 4.78 is 4.68. The molecule has 0 fully saturated rings. The number of amides is 1. The van der Waals surface area contributed by atoms with Crippen molar-refractivity contribution in [2.45, 2.75) is 6.92 Å². The number of carbonyl (C=O) groups excluding carboxylic acids is 2. The lowest BCUT2D eigenvalue weighted by molar-refractivity contribution is -0.384. The van der Waals surface area contributed by atoms with Gasteiger partial charge in [0.25, 0.3) is 11.6 Å². The molecular weight excluding hydrogens is 318 g/mol. The summed E-state index contributed by atoms with van der Waals surface area (Å²) in [5.41, 5.74) is 0.993. The van der Waals surface area contributed by atoms with Crippen molar-refractivity contribution in [1.82, 2.24) is 4.90 Å². The van der Waals surface area contributed by atoms with E-state index in [0.29, 0.717) is 11.3 Å². The van der Waals surface area contributed by atoms with Gasteiger partial charge in [0.2, 0.25) is 0 Å². The first-order valence-electron chi connectivity index (χ1n) is 7.12. The van der Waals surface area contributed by atoms with Crippen LogP contribution in [0.3, 0.4) is 0 Å². The van der Waals surface area contributed by atoms with Crippen LogP contribution in [0.4, 0.5) is 11.4 Å².